The van der Waals surface area contributed by atoms with Crippen LogP contribution in [0, 0.1) is 5.92 Å². The van der Waals surface area contributed by atoms with E-state index in [1.807, 2.05) is 0 Å². The molecule has 112 valence electrons. The molecule has 5 nitrogen and oxygen atoms in total. The summed E-state index contributed by atoms with van der Waals surface area (Å²) < 4.78 is 0. The lowest BCUT2D eigenvalue weighted by Crippen LogP contribution is -2.29. The predicted molar refractivity (Wildman–Crippen MR) is 84.4 cm³/mol. The first-order valence-corrected chi connectivity index (χ1v) is 8.23. The molecule has 2 heterocycles. The van der Waals surface area contributed by atoms with E-state index < -0.39 is 0 Å². The molecule has 1 aliphatic rings. The SMILES string of the molecule is CCC(C)CNC(=O)c1sc(N2CCCCC2)nc1N. The molecule has 1 unspecified atom stereocenters. The Hall–Kier alpha value is -1.30. The third-order valence-electron chi connectivity index (χ3n) is 3.78. The quantitative estimate of drug-likeness (QED) is 0.875. The van der Waals surface area contributed by atoms with Gasteiger partial charge in [0.05, 0.1) is 0 Å². The summed E-state index contributed by atoms with van der Waals surface area (Å²) in [5.41, 5.74) is 5.90. The number of hydrogen-bond acceptors (Lipinski definition) is 5. The van der Waals surface area contributed by atoms with Crippen molar-refractivity contribution in [1.29, 1.82) is 0 Å². The maximum Gasteiger partial charge on any atom is 0.265 e. The zero-order valence-corrected chi connectivity index (χ0v) is 13.1. The molecule has 1 atom stereocenters. The van der Waals surface area contributed by atoms with Crippen molar-refractivity contribution in [3.8, 4) is 0 Å². The fourth-order valence-corrected chi connectivity index (χ4v) is 3.15. The molecule has 0 saturated carbocycles. The number of thiazole rings is 1. The number of hydrogen-bond donors (Lipinski definition) is 2. The molecule has 1 aliphatic heterocycles. The van der Waals surface area contributed by atoms with Gasteiger partial charge in [-0.1, -0.05) is 31.6 Å². The van der Waals surface area contributed by atoms with Crippen LogP contribution >= 0.6 is 11.3 Å². The van der Waals surface area contributed by atoms with E-state index in [0.717, 1.165) is 24.6 Å². The van der Waals surface area contributed by atoms with Crippen molar-refractivity contribution in [2.24, 2.45) is 5.92 Å². The average molecular weight is 296 g/mol. The second-order valence-electron chi connectivity index (χ2n) is 5.48. The molecule has 3 N–H and O–H groups in total. The number of carbonyl (C=O) groups excluding carboxylic acids is 1. The van der Waals surface area contributed by atoms with E-state index in [2.05, 4.69) is 29.0 Å². The number of nitrogens with zero attached hydrogens (tertiary/aromatic N) is 2. The van der Waals surface area contributed by atoms with Crippen LogP contribution in [0.5, 0.6) is 0 Å². The lowest BCUT2D eigenvalue weighted by atomic mass is 10.1. The van der Waals surface area contributed by atoms with E-state index in [-0.39, 0.29) is 5.91 Å². The van der Waals surface area contributed by atoms with Crippen LogP contribution in [0.3, 0.4) is 0 Å². The van der Waals surface area contributed by atoms with Crippen LogP contribution in [0.1, 0.15) is 49.2 Å². The Kier molecular flexibility index (Phi) is 5.23. The van der Waals surface area contributed by atoms with Gasteiger partial charge in [0.15, 0.2) is 5.13 Å². The van der Waals surface area contributed by atoms with E-state index in [1.165, 1.54) is 30.6 Å². The minimum atomic E-state index is -0.0939. The van der Waals surface area contributed by atoms with E-state index in [0.29, 0.717) is 23.2 Å². The Morgan fingerprint density at radius 1 is 1.45 bits per heavy atom. The van der Waals surface area contributed by atoms with E-state index in [4.69, 9.17) is 5.73 Å². The highest BCUT2D eigenvalue weighted by molar-refractivity contribution is 7.18. The van der Waals surface area contributed by atoms with E-state index in [1.54, 1.807) is 0 Å². The Balaban J connectivity index is 2.01. The first kappa shape index (κ1) is 15.1. The molecule has 1 saturated heterocycles. The minimum Gasteiger partial charge on any atom is -0.382 e. The summed E-state index contributed by atoms with van der Waals surface area (Å²) in [6, 6.07) is 0. The first-order valence-electron chi connectivity index (χ1n) is 7.41. The highest BCUT2D eigenvalue weighted by atomic mass is 32.1. The topological polar surface area (TPSA) is 71.2 Å². The van der Waals surface area contributed by atoms with Gasteiger partial charge in [0, 0.05) is 19.6 Å². The number of nitrogens with one attached hydrogen (secondary N) is 1. The Morgan fingerprint density at radius 2 is 2.15 bits per heavy atom. The molecule has 1 aromatic rings. The molecule has 0 aromatic carbocycles. The highest BCUT2D eigenvalue weighted by Crippen LogP contribution is 2.29. The van der Waals surface area contributed by atoms with Crippen molar-refractivity contribution in [2.45, 2.75) is 39.5 Å². The zero-order chi connectivity index (χ0) is 14.5. The third kappa shape index (κ3) is 3.62. The monoisotopic (exact) mass is 296 g/mol. The van der Waals surface area contributed by atoms with Gasteiger partial charge in [-0.3, -0.25) is 4.79 Å². The average Bonchev–Trinajstić information content (AvgIpc) is 2.87. The Morgan fingerprint density at radius 3 is 2.80 bits per heavy atom. The molecule has 0 spiro atoms. The van der Waals surface area contributed by atoms with Crippen LogP contribution in [0.2, 0.25) is 0 Å². The van der Waals surface area contributed by atoms with Crippen molar-refractivity contribution in [1.82, 2.24) is 10.3 Å². The molecule has 6 heteroatoms. The fraction of sp³-hybridized carbons (Fsp3) is 0.714. The molecule has 1 aromatic heterocycles. The van der Waals surface area contributed by atoms with Gasteiger partial charge in [-0.15, -0.1) is 0 Å². The number of rotatable bonds is 5. The molecule has 0 bridgehead atoms. The van der Waals surface area contributed by atoms with Gasteiger partial charge in [0.25, 0.3) is 5.91 Å². The summed E-state index contributed by atoms with van der Waals surface area (Å²) in [7, 11) is 0. The van der Waals surface area contributed by atoms with Gasteiger partial charge in [0.1, 0.15) is 10.7 Å². The maximum atomic E-state index is 12.1. The van der Waals surface area contributed by atoms with Gasteiger partial charge in [-0.25, -0.2) is 4.98 Å². The summed E-state index contributed by atoms with van der Waals surface area (Å²) in [6.07, 6.45) is 4.71. The lowest BCUT2D eigenvalue weighted by Gasteiger charge is -2.25. The van der Waals surface area contributed by atoms with Crippen LogP contribution in [0.15, 0.2) is 0 Å². The second kappa shape index (κ2) is 6.92. The number of amides is 1. The van der Waals surface area contributed by atoms with Crippen LogP contribution in [0.4, 0.5) is 10.9 Å². The fourth-order valence-electron chi connectivity index (χ4n) is 2.19. The predicted octanol–water partition coefficient (Wildman–Crippen LogP) is 2.49. The summed E-state index contributed by atoms with van der Waals surface area (Å²) in [4.78, 5) is 19.3. The minimum absolute atomic E-state index is 0.0939. The Bertz CT molecular complexity index is 454. The lowest BCUT2D eigenvalue weighted by molar-refractivity contribution is 0.0952. The van der Waals surface area contributed by atoms with Gasteiger partial charge in [0.2, 0.25) is 0 Å². The molecule has 1 fully saturated rings. The zero-order valence-electron chi connectivity index (χ0n) is 12.3. The number of nitrogen functional groups attached to an aromatic ring is 1. The summed E-state index contributed by atoms with van der Waals surface area (Å²) in [5, 5.41) is 3.82. The van der Waals surface area contributed by atoms with Gasteiger partial charge < -0.3 is 16.0 Å². The summed E-state index contributed by atoms with van der Waals surface area (Å²) >= 11 is 1.41. The smallest absolute Gasteiger partial charge is 0.265 e. The Labute approximate surface area is 124 Å². The van der Waals surface area contributed by atoms with Crippen molar-refractivity contribution in [2.75, 3.05) is 30.3 Å². The van der Waals surface area contributed by atoms with Crippen LogP contribution in [0.25, 0.3) is 0 Å². The van der Waals surface area contributed by atoms with E-state index >= 15 is 0 Å². The van der Waals surface area contributed by atoms with Crippen LogP contribution in [-0.4, -0.2) is 30.5 Å². The standard InChI is InChI=1S/C14H24N4OS/c1-3-10(2)9-16-13(19)11-12(15)17-14(20-11)18-7-5-4-6-8-18/h10H,3-9,15H2,1-2H3,(H,16,19). The normalized spacial score (nSPS) is 17.0. The van der Waals surface area contributed by atoms with Crippen molar-refractivity contribution >= 4 is 28.2 Å². The van der Waals surface area contributed by atoms with Crippen LogP contribution in [-0.2, 0) is 0 Å². The van der Waals surface area contributed by atoms with Crippen molar-refractivity contribution in [3.63, 3.8) is 0 Å². The number of nitrogens with two attached hydrogens (primary N) is 1. The maximum absolute atomic E-state index is 12.1. The van der Waals surface area contributed by atoms with Crippen molar-refractivity contribution < 1.29 is 4.79 Å². The number of carbonyl (C=O) groups is 1. The molecular weight excluding hydrogens is 272 g/mol. The van der Waals surface area contributed by atoms with E-state index in [9.17, 15) is 4.79 Å². The van der Waals surface area contributed by atoms with Crippen LogP contribution < -0.4 is 16.0 Å². The van der Waals surface area contributed by atoms with Gasteiger partial charge in [-0.05, 0) is 25.2 Å². The molecule has 1 amide bonds. The molecule has 0 radical (unpaired) electrons. The summed E-state index contributed by atoms with van der Waals surface area (Å²) in [6.45, 7) is 6.95. The number of aromatic nitrogens is 1. The molecule has 20 heavy (non-hydrogen) atoms. The molecule has 0 aliphatic carbocycles. The first-order chi connectivity index (χ1) is 9.61. The van der Waals surface area contributed by atoms with Gasteiger partial charge in [-0.2, -0.15) is 0 Å². The van der Waals surface area contributed by atoms with Gasteiger partial charge >= 0.3 is 0 Å². The third-order valence-corrected chi connectivity index (χ3v) is 4.91. The largest absolute Gasteiger partial charge is 0.382 e. The number of anilines is 2. The van der Waals surface area contributed by atoms with Crippen molar-refractivity contribution in [3.05, 3.63) is 4.88 Å². The highest BCUT2D eigenvalue weighted by Gasteiger charge is 2.20. The number of piperidine rings is 1. The molecule has 2 rings (SSSR count). The second-order valence-corrected chi connectivity index (χ2v) is 6.46. The summed E-state index contributed by atoms with van der Waals surface area (Å²) in [5.74, 6) is 0.746. The molecular formula is C14H24N4OS.